The van der Waals surface area contributed by atoms with Gasteiger partial charge in [0.1, 0.15) is 12.0 Å². The van der Waals surface area contributed by atoms with Gasteiger partial charge in [0, 0.05) is 30.5 Å². The first-order valence-corrected chi connectivity index (χ1v) is 13.5. The summed E-state index contributed by atoms with van der Waals surface area (Å²) >= 11 is 0. The highest BCUT2D eigenvalue weighted by molar-refractivity contribution is 7.88. The Hall–Kier alpha value is -2.58. The third kappa shape index (κ3) is 5.17. The average molecular weight is 471 g/mol. The Labute approximate surface area is 194 Å². The van der Waals surface area contributed by atoms with Crippen LogP contribution in [0.5, 0.6) is 5.75 Å². The fourth-order valence-corrected chi connectivity index (χ4v) is 6.49. The monoisotopic (exact) mass is 470 g/mol. The Morgan fingerprint density at radius 3 is 2.18 bits per heavy atom. The molecule has 2 fully saturated rings. The van der Waals surface area contributed by atoms with Gasteiger partial charge >= 0.3 is 0 Å². The quantitative estimate of drug-likeness (QED) is 0.497. The Balaban J connectivity index is 1.15. The van der Waals surface area contributed by atoms with Gasteiger partial charge in [0.05, 0.1) is 19.4 Å². The summed E-state index contributed by atoms with van der Waals surface area (Å²) in [5.41, 5.74) is -0.182. The zero-order valence-corrected chi connectivity index (χ0v) is 19.7. The lowest BCUT2D eigenvalue weighted by molar-refractivity contribution is 0.158. The minimum Gasteiger partial charge on any atom is -0.486 e. The van der Waals surface area contributed by atoms with Crippen LogP contribution in [-0.4, -0.2) is 42.2 Å². The first-order valence-electron chi connectivity index (χ1n) is 11.6. The van der Waals surface area contributed by atoms with E-state index in [1.807, 2.05) is 29.1 Å². The first kappa shape index (κ1) is 22.2. The minimum absolute atomic E-state index is 0.0958. The summed E-state index contributed by atoms with van der Waals surface area (Å²) in [6.45, 7) is 0.925. The summed E-state index contributed by atoms with van der Waals surface area (Å²) in [4.78, 5) is 12.5. The zero-order chi connectivity index (χ0) is 23.0. The Morgan fingerprint density at radius 2 is 1.64 bits per heavy atom. The van der Waals surface area contributed by atoms with E-state index >= 15 is 0 Å². The number of fused-ring (bicyclic) bond motifs is 1. The lowest BCUT2D eigenvalue weighted by Gasteiger charge is -2.35. The summed E-state index contributed by atoms with van der Waals surface area (Å²) in [6, 6.07) is 9.90. The zero-order valence-electron chi connectivity index (χ0n) is 18.9. The van der Waals surface area contributed by atoms with Crippen LogP contribution in [0.3, 0.4) is 0 Å². The van der Waals surface area contributed by atoms with Crippen LogP contribution in [0.2, 0.25) is 0 Å². The highest BCUT2D eigenvalue weighted by atomic mass is 32.2. The van der Waals surface area contributed by atoms with Crippen molar-refractivity contribution < 1.29 is 17.6 Å². The second-order valence-electron chi connectivity index (χ2n) is 9.44. The van der Waals surface area contributed by atoms with E-state index in [4.69, 9.17) is 9.15 Å². The number of hydrogen-bond acceptors (Lipinski definition) is 5. The SMILES string of the molecule is CS(=O)(=O)N(C1CCC(COc2coc(Cn3cc4ccccc4c3)cc2=O)CC1)C1CC1. The molecule has 2 aliphatic rings. The number of benzene rings is 1. The largest absolute Gasteiger partial charge is 0.486 e. The van der Waals surface area contributed by atoms with Crippen LogP contribution < -0.4 is 10.2 Å². The second-order valence-corrected chi connectivity index (χ2v) is 11.3. The van der Waals surface area contributed by atoms with Crippen LogP contribution in [0, 0.1) is 5.92 Å². The number of nitrogens with zero attached hydrogens (tertiary/aromatic N) is 2. The van der Waals surface area contributed by atoms with Crippen molar-refractivity contribution in [1.29, 1.82) is 0 Å². The maximum atomic E-state index is 12.5. The fraction of sp³-hybridized carbons (Fsp3) is 0.480. The van der Waals surface area contributed by atoms with Crippen LogP contribution in [0.15, 0.2) is 58.2 Å². The molecule has 176 valence electrons. The molecule has 5 rings (SSSR count). The smallest absolute Gasteiger partial charge is 0.227 e. The van der Waals surface area contributed by atoms with Crippen LogP contribution in [0.1, 0.15) is 44.3 Å². The van der Waals surface area contributed by atoms with E-state index in [0.29, 0.717) is 24.8 Å². The van der Waals surface area contributed by atoms with E-state index in [1.54, 1.807) is 4.31 Å². The number of sulfonamides is 1. The lowest BCUT2D eigenvalue weighted by atomic mass is 9.86. The van der Waals surface area contributed by atoms with Gasteiger partial charge in [0.25, 0.3) is 0 Å². The number of hydrogen-bond donors (Lipinski definition) is 0. The molecule has 0 bridgehead atoms. The first-order chi connectivity index (χ1) is 15.9. The molecule has 0 radical (unpaired) electrons. The van der Waals surface area contributed by atoms with Crippen LogP contribution in [-0.2, 0) is 16.6 Å². The molecule has 2 heterocycles. The van der Waals surface area contributed by atoms with Crippen molar-refractivity contribution in [3.63, 3.8) is 0 Å². The molecule has 0 unspecified atom stereocenters. The topological polar surface area (TPSA) is 81.8 Å². The van der Waals surface area contributed by atoms with Gasteiger partial charge in [-0.25, -0.2) is 8.42 Å². The van der Waals surface area contributed by atoms with Crippen LogP contribution >= 0.6 is 0 Å². The molecule has 2 aliphatic carbocycles. The van der Waals surface area contributed by atoms with Crippen molar-refractivity contribution in [2.45, 2.75) is 57.2 Å². The van der Waals surface area contributed by atoms with Crippen LogP contribution in [0.4, 0.5) is 0 Å². The van der Waals surface area contributed by atoms with Crippen molar-refractivity contribution >= 4 is 20.8 Å². The van der Waals surface area contributed by atoms with Crippen molar-refractivity contribution in [2.24, 2.45) is 5.92 Å². The molecule has 0 aliphatic heterocycles. The highest BCUT2D eigenvalue weighted by Crippen LogP contribution is 2.37. The molecule has 0 saturated heterocycles. The van der Waals surface area contributed by atoms with Crippen LogP contribution in [0.25, 0.3) is 10.8 Å². The molecule has 3 aromatic rings. The van der Waals surface area contributed by atoms with Crippen molar-refractivity contribution in [2.75, 3.05) is 12.9 Å². The van der Waals surface area contributed by atoms with Gasteiger partial charge in [0.15, 0.2) is 0 Å². The molecule has 1 aromatic carbocycles. The predicted octanol–water partition coefficient (Wildman–Crippen LogP) is 4.00. The number of rotatable bonds is 8. The lowest BCUT2D eigenvalue weighted by Crippen LogP contribution is -2.43. The van der Waals surface area contributed by atoms with Gasteiger partial charge in [0.2, 0.25) is 21.2 Å². The predicted molar refractivity (Wildman–Crippen MR) is 127 cm³/mol. The molecule has 0 spiro atoms. The van der Waals surface area contributed by atoms with E-state index in [9.17, 15) is 13.2 Å². The van der Waals surface area contributed by atoms with Crippen molar-refractivity contribution in [3.8, 4) is 5.75 Å². The average Bonchev–Trinajstić information content (AvgIpc) is 3.51. The molecule has 33 heavy (non-hydrogen) atoms. The summed E-state index contributed by atoms with van der Waals surface area (Å²) in [7, 11) is -3.17. The van der Waals surface area contributed by atoms with Gasteiger partial charge in [-0.2, -0.15) is 4.31 Å². The van der Waals surface area contributed by atoms with Gasteiger partial charge in [-0.15, -0.1) is 0 Å². The van der Waals surface area contributed by atoms with E-state index in [2.05, 4.69) is 12.1 Å². The van der Waals surface area contributed by atoms with Gasteiger partial charge < -0.3 is 13.7 Å². The molecule has 0 amide bonds. The summed E-state index contributed by atoms with van der Waals surface area (Å²) in [5, 5.41) is 2.29. The van der Waals surface area contributed by atoms with Crippen molar-refractivity contribution in [3.05, 3.63) is 65.0 Å². The van der Waals surface area contributed by atoms with Gasteiger partial charge in [-0.3, -0.25) is 4.79 Å². The normalized spacial score (nSPS) is 21.5. The van der Waals surface area contributed by atoms with E-state index in [0.717, 1.165) is 49.3 Å². The number of ether oxygens (including phenoxy) is 1. The summed E-state index contributed by atoms with van der Waals surface area (Å²) in [6.07, 6.45) is 12.2. The summed E-state index contributed by atoms with van der Waals surface area (Å²) in [5.74, 6) is 1.12. The molecular formula is C25H30N2O5S. The molecule has 2 saturated carbocycles. The molecule has 0 N–H and O–H groups in total. The maximum absolute atomic E-state index is 12.5. The highest BCUT2D eigenvalue weighted by Gasteiger charge is 2.41. The van der Waals surface area contributed by atoms with Gasteiger partial charge in [-0.1, -0.05) is 24.3 Å². The third-order valence-corrected chi connectivity index (χ3v) is 8.10. The Kier molecular flexibility index (Phi) is 6.05. The minimum atomic E-state index is -3.17. The van der Waals surface area contributed by atoms with Gasteiger partial charge in [-0.05, 0) is 55.2 Å². The second kappa shape index (κ2) is 8.99. The molecular weight excluding hydrogens is 440 g/mol. The number of aromatic nitrogens is 1. The maximum Gasteiger partial charge on any atom is 0.227 e. The molecule has 0 atom stereocenters. The van der Waals surface area contributed by atoms with Crippen molar-refractivity contribution in [1.82, 2.24) is 8.87 Å². The molecule has 7 nitrogen and oxygen atoms in total. The van der Waals surface area contributed by atoms with E-state index in [-0.39, 0.29) is 23.3 Å². The summed E-state index contributed by atoms with van der Waals surface area (Å²) < 4.78 is 39.6. The fourth-order valence-electron chi connectivity index (χ4n) is 4.98. The van der Waals surface area contributed by atoms with E-state index in [1.165, 1.54) is 18.6 Å². The molecule has 2 aromatic heterocycles. The molecule has 8 heteroatoms. The van der Waals surface area contributed by atoms with E-state index < -0.39 is 10.0 Å². The Morgan fingerprint density at radius 1 is 1.03 bits per heavy atom. The Bertz CT molecular complexity index is 1250. The standard InChI is InChI=1S/C25H30N2O5S/c1-33(29,30)27(22-10-11-22)21-8-6-18(7-9-21)16-32-25-17-31-23(12-24(25)28)15-26-13-19-4-2-3-5-20(19)14-26/h2-5,12-14,17-18,21-22H,6-11,15-16H2,1H3. The third-order valence-electron chi connectivity index (χ3n) is 6.74.